The molecule has 2 rings (SSSR count). The van der Waals surface area contributed by atoms with Crippen molar-refractivity contribution in [3.8, 4) is 6.07 Å². The average molecular weight is 342 g/mol. The molecule has 0 amide bonds. The van der Waals surface area contributed by atoms with E-state index in [0.29, 0.717) is 5.41 Å². The molecule has 2 aliphatic heterocycles. The van der Waals surface area contributed by atoms with Crippen molar-refractivity contribution in [1.29, 1.82) is 5.26 Å². The van der Waals surface area contributed by atoms with E-state index in [4.69, 9.17) is 0 Å². The molecule has 2 heterocycles. The van der Waals surface area contributed by atoms with Crippen molar-refractivity contribution < 1.29 is 0 Å². The molecule has 1 spiro atoms. The highest BCUT2D eigenvalue weighted by Crippen LogP contribution is 2.42. The summed E-state index contributed by atoms with van der Waals surface area (Å²) >= 11 is 0. The highest BCUT2D eigenvalue weighted by atomic mass is 15.2. The lowest BCUT2D eigenvalue weighted by Gasteiger charge is -2.54. The van der Waals surface area contributed by atoms with Crippen molar-refractivity contribution in [3.05, 3.63) is 34.1 Å². The van der Waals surface area contributed by atoms with E-state index >= 15 is 0 Å². The van der Waals surface area contributed by atoms with Gasteiger partial charge in [-0.15, -0.1) is 0 Å². The van der Waals surface area contributed by atoms with Gasteiger partial charge >= 0.3 is 0 Å². The second kappa shape index (κ2) is 8.72. The summed E-state index contributed by atoms with van der Waals surface area (Å²) in [5, 5.41) is 13.4. The van der Waals surface area contributed by atoms with Crippen LogP contribution in [0.1, 0.15) is 66.7 Å². The van der Waals surface area contributed by atoms with Gasteiger partial charge in [-0.05, 0) is 70.7 Å². The molecule has 3 nitrogen and oxygen atoms in total. The number of allylic oxidation sites excluding steroid dienone is 5. The minimum Gasteiger partial charge on any atom is -0.369 e. The standard InChI is InChI=1S/C22H35N3/c1-6-9-19(17(4)7-2)18(5)20(14-23)21(8-3)25-15-22(16-25)10-12-24-13-11-22/h8,24H,6-7,9-13,15-16H2,1-5H3/b19-17+,20-18-,21-8-. The summed E-state index contributed by atoms with van der Waals surface area (Å²) in [6.07, 6.45) is 7.90. The number of likely N-dealkylation sites (tertiary alicyclic amines) is 1. The first-order valence-electron chi connectivity index (χ1n) is 9.94. The van der Waals surface area contributed by atoms with Crippen LogP contribution >= 0.6 is 0 Å². The zero-order valence-electron chi connectivity index (χ0n) is 16.8. The minimum absolute atomic E-state index is 0.482. The van der Waals surface area contributed by atoms with Gasteiger partial charge in [-0.25, -0.2) is 0 Å². The monoisotopic (exact) mass is 341 g/mol. The van der Waals surface area contributed by atoms with E-state index in [2.05, 4.69) is 57.0 Å². The van der Waals surface area contributed by atoms with Crippen molar-refractivity contribution in [2.75, 3.05) is 26.2 Å². The molecule has 0 unspecified atom stereocenters. The van der Waals surface area contributed by atoms with Crippen molar-refractivity contribution in [2.24, 2.45) is 5.41 Å². The normalized spacial score (nSPS) is 22.1. The highest BCUT2D eigenvalue weighted by molar-refractivity contribution is 5.52. The van der Waals surface area contributed by atoms with Crippen LogP contribution < -0.4 is 5.32 Å². The lowest BCUT2D eigenvalue weighted by molar-refractivity contribution is 0.00412. The predicted molar refractivity (Wildman–Crippen MR) is 106 cm³/mol. The van der Waals surface area contributed by atoms with Crippen LogP contribution in [0.3, 0.4) is 0 Å². The van der Waals surface area contributed by atoms with E-state index in [9.17, 15) is 5.26 Å². The maximum absolute atomic E-state index is 9.93. The predicted octanol–water partition coefficient (Wildman–Crippen LogP) is 4.94. The molecule has 0 bridgehead atoms. The van der Waals surface area contributed by atoms with Gasteiger partial charge in [-0.3, -0.25) is 0 Å². The van der Waals surface area contributed by atoms with E-state index in [0.717, 1.165) is 56.7 Å². The fourth-order valence-electron chi connectivity index (χ4n) is 4.36. The molecule has 25 heavy (non-hydrogen) atoms. The quantitative estimate of drug-likeness (QED) is 0.549. The Morgan fingerprint density at radius 3 is 2.32 bits per heavy atom. The summed E-state index contributed by atoms with van der Waals surface area (Å²) in [6, 6.07) is 2.53. The third kappa shape index (κ3) is 4.18. The Kier molecular flexibility index (Phi) is 6.90. The van der Waals surface area contributed by atoms with E-state index in [1.807, 2.05) is 0 Å². The van der Waals surface area contributed by atoms with Crippen LogP contribution in [0, 0.1) is 16.7 Å². The van der Waals surface area contributed by atoms with Gasteiger partial charge < -0.3 is 10.2 Å². The summed E-state index contributed by atoms with van der Waals surface area (Å²) in [6.45, 7) is 15.3. The molecule has 0 saturated carbocycles. The van der Waals surface area contributed by atoms with Crippen molar-refractivity contribution in [3.63, 3.8) is 0 Å². The molecular weight excluding hydrogens is 306 g/mol. The van der Waals surface area contributed by atoms with Gasteiger partial charge in [0.2, 0.25) is 0 Å². The minimum atomic E-state index is 0.482. The number of nitriles is 1. The lowest BCUT2D eigenvalue weighted by atomic mass is 9.72. The molecular formula is C22H35N3. The molecule has 0 aromatic heterocycles. The summed E-state index contributed by atoms with van der Waals surface area (Å²) in [5.41, 5.74) is 6.49. The Balaban J connectivity index is 2.27. The highest BCUT2D eigenvalue weighted by Gasteiger charge is 2.44. The molecule has 2 saturated heterocycles. The first-order chi connectivity index (χ1) is 12.0. The maximum Gasteiger partial charge on any atom is 0.102 e. The molecule has 1 N–H and O–H groups in total. The molecule has 0 radical (unpaired) electrons. The second-order valence-corrected chi connectivity index (χ2v) is 7.75. The number of rotatable bonds is 6. The zero-order chi connectivity index (χ0) is 18.4. The SMILES string of the molecule is C/C=C(/C(C#N)=C(C)\C(CCC)=C(/C)CC)N1CC2(CCNCC2)C1. The molecule has 3 heteroatoms. The molecule has 0 aliphatic carbocycles. The summed E-state index contributed by atoms with van der Waals surface area (Å²) in [5.74, 6) is 0. The van der Waals surface area contributed by atoms with E-state index in [1.165, 1.54) is 29.6 Å². The van der Waals surface area contributed by atoms with Gasteiger partial charge in [-0.2, -0.15) is 5.26 Å². The topological polar surface area (TPSA) is 39.1 Å². The number of hydrogen-bond acceptors (Lipinski definition) is 3. The van der Waals surface area contributed by atoms with Crippen LogP contribution in [0.25, 0.3) is 0 Å². The third-order valence-electron chi connectivity index (χ3n) is 6.07. The average Bonchev–Trinajstić information content (AvgIpc) is 2.61. The summed E-state index contributed by atoms with van der Waals surface area (Å²) < 4.78 is 0. The Morgan fingerprint density at radius 2 is 1.84 bits per heavy atom. The fourth-order valence-corrected chi connectivity index (χ4v) is 4.36. The van der Waals surface area contributed by atoms with Crippen LogP contribution in [0.4, 0.5) is 0 Å². The number of piperidine rings is 1. The van der Waals surface area contributed by atoms with Gasteiger partial charge in [0.15, 0.2) is 0 Å². The van der Waals surface area contributed by atoms with Gasteiger partial charge in [0.05, 0.1) is 11.3 Å². The molecule has 0 aromatic carbocycles. The Morgan fingerprint density at radius 1 is 1.20 bits per heavy atom. The third-order valence-corrected chi connectivity index (χ3v) is 6.07. The van der Waals surface area contributed by atoms with E-state index in [1.54, 1.807) is 0 Å². The summed E-state index contributed by atoms with van der Waals surface area (Å²) in [4.78, 5) is 2.43. The van der Waals surface area contributed by atoms with Crippen molar-refractivity contribution in [1.82, 2.24) is 10.2 Å². The molecule has 0 atom stereocenters. The van der Waals surface area contributed by atoms with Crippen LogP contribution in [-0.4, -0.2) is 31.1 Å². The maximum atomic E-state index is 9.93. The van der Waals surface area contributed by atoms with Crippen LogP contribution in [0.5, 0.6) is 0 Å². The Labute approximate surface area is 154 Å². The van der Waals surface area contributed by atoms with Crippen molar-refractivity contribution in [2.45, 2.75) is 66.7 Å². The first kappa shape index (κ1) is 19.8. The molecule has 2 aliphatic rings. The second-order valence-electron chi connectivity index (χ2n) is 7.75. The van der Waals surface area contributed by atoms with Crippen LogP contribution in [-0.2, 0) is 0 Å². The Bertz CT molecular complexity index is 602. The Hall–Kier alpha value is -1.53. The van der Waals surface area contributed by atoms with E-state index in [-0.39, 0.29) is 0 Å². The van der Waals surface area contributed by atoms with Gasteiger partial charge in [0.1, 0.15) is 6.07 Å². The molecule has 2 fully saturated rings. The smallest absolute Gasteiger partial charge is 0.102 e. The number of nitrogens with one attached hydrogen (secondary N) is 1. The lowest BCUT2D eigenvalue weighted by Crippen LogP contribution is -2.59. The van der Waals surface area contributed by atoms with Crippen LogP contribution in [0.15, 0.2) is 34.1 Å². The molecule has 0 aromatic rings. The fraction of sp³-hybridized carbons (Fsp3) is 0.682. The first-order valence-corrected chi connectivity index (χ1v) is 9.94. The van der Waals surface area contributed by atoms with Crippen molar-refractivity contribution >= 4 is 0 Å². The zero-order valence-corrected chi connectivity index (χ0v) is 16.8. The van der Waals surface area contributed by atoms with Crippen LogP contribution in [0.2, 0.25) is 0 Å². The largest absolute Gasteiger partial charge is 0.369 e. The van der Waals surface area contributed by atoms with Gasteiger partial charge in [0, 0.05) is 18.5 Å². The number of nitrogens with zero attached hydrogens (tertiary/aromatic N) is 2. The summed E-state index contributed by atoms with van der Waals surface area (Å²) in [7, 11) is 0. The number of hydrogen-bond donors (Lipinski definition) is 1. The van der Waals surface area contributed by atoms with E-state index < -0.39 is 0 Å². The van der Waals surface area contributed by atoms with Gasteiger partial charge in [-0.1, -0.05) is 31.9 Å². The van der Waals surface area contributed by atoms with Gasteiger partial charge in [0.25, 0.3) is 0 Å². The molecule has 138 valence electrons.